The molecule has 0 atom stereocenters. The van der Waals surface area contributed by atoms with Crippen molar-refractivity contribution in [1.29, 1.82) is 0 Å². The van der Waals surface area contributed by atoms with Crippen molar-refractivity contribution in [2.24, 2.45) is 0 Å². The molecule has 0 fully saturated rings. The van der Waals surface area contributed by atoms with E-state index < -0.39 is 0 Å². The van der Waals surface area contributed by atoms with E-state index in [0.29, 0.717) is 11.1 Å². The molecule has 2 aromatic carbocycles. The number of hydrogen-bond donors (Lipinski definition) is 3. The van der Waals surface area contributed by atoms with Crippen molar-refractivity contribution in [3.63, 3.8) is 0 Å². The van der Waals surface area contributed by atoms with Crippen molar-refractivity contribution in [3.05, 3.63) is 90.4 Å². The number of pyridine rings is 1. The minimum Gasteiger partial charge on any atom is -0.361 e. The van der Waals surface area contributed by atoms with E-state index in [1.54, 1.807) is 36.7 Å². The van der Waals surface area contributed by atoms with Gasteiger partial charge in [0.1, 0.15) is 0 Å². The summed E-state index contributed by atoms with van der Waals surface area (Å²) in [7, 11) is 0. The molecule has 2 heterocycles. The Morgan fingerprint density at radius 3 is 2.11 bits per heavy atom. The number of nitrogens with zero attached hydrogens (tertiary/aromatic N) is 1. The van der Waals surface area contributed by atoms with Crippen LogP contribution in [-0.2, 0) is 0 Å². The van der Waals surface area contributed by atoms with Gasteiger partial charge in [-0.1, -0.05) is 18.2 Å². The highest BCUT2D eigenvalue weighted by atomic mass is 16.2. The molecule has 132 valence electrons. The Bertz CT molecular complexity index is 1100. The van der Waals surface area contributed by atoms with Crippen LogP contribution in [0, 0.1) is 0 Å². The van der Waals surface area contributed by atoms with Crippen LogP contribution in [0.1, 0.15) is 20.7 Å². The molecule has 6 heteroatoms. The van der Waals surface area contributed by atoms with Crippen LogP contribution in [0.5, 0.6) is 0 Å². The molecule has 0 spiro atoms. The maximum Gasteiger partial charge on any atom is 0.269 e. The van der Waals surface area contributed by atoms with Gasteiger partial charge in [0.2, 0.25) is 0 Å². The molecule has 0 unspecified atom stereocenters. The van der Waals surface area contributed by atoms with Gasteiger partial charge >= 0.3 is 0 Å². The lowest BCUT2D eigenvalue weighted by atomic mass is 10.1. The van der Waals surface area contributed by atoms with Crippen LogP contribution in [-0.4, -0.2) is 21.8 Å². The molecular formula is C21H16N4O2. The molecule has 0 bridgehead atoms. The number of hydrogen-bond acceptors (Lipinski definition) is 3. The van der Waals surface area contributed by atoms with Crippen LogP contribution in [0.4, 0.5) is 0 Å². The fourth-order valence-corrected chi connectivity index (χ4v) is 2.81. The molecule has 0 radical (unpaired) electrons. The number of carbonyl (C=O) groups is 2. The van der Waals surface area contributed by atoms with E-state index in [4.69, 9.17) is 0 Å². The fraction of sp³-hybridized carbons (Fsp3) is 0. The maximum absolute atomic E-state index is 12.3. The summed E-state index contributed by atoms with van der Waals surface area (Å²) in [5.41, 5.74) is 8.65. The van der Waals surface area contributed by atoms with Crippen LogP contribution in [0.25, 0.3) is 22.0 Å². The molecule has 0 aliphatic carbocycles. The van der Waals surface area contributed by atoms with Gasteiger partial charge in [0, 0.05) is 35.2 Å². The Morgan fingerprint density at radius 1 is 0.741 bits per heavy atom. The molecule has 0 aliphatic heterocycles. The number of carbonyl (C=O) groups excluding carboxylic acids is 2. The molecule has 0 aliphatic rings. The SMILES string of the molecule is O=C(NNC(=O)c1ccc2cc[nH]c2c1)c1ccc(-c2ccncc2)cc1. The first kappa shape index (κ1) is 16.5. The van der Waals surface area contributed by atoms with Gasteiger partial charge in [-0.05, 0) is 59.0 Å². The monoisotopic (exact) mass is 356 g/mol. The summed E-state index contributed by atoms with van der Waals surface area (Å²) >= 11 is 0. The van der Waals surface area contributed by atoms with Crippen LogP contribution in [0.15, 0.2) is 79.3 Å². The van der Waals surface area contributed by atoms with E-state index in [1.807, 2.05) is 42.6 Å². The van der Waals surface area contributed by atoms with E-state index in [1.165, 1.54) is 0 Å². The molecule has 3 N–H and O–H groups in total. The van der Waals surface area contributed by atoms with Crippen molar-refractivity contribution in [2.75, 3.05) is 0 Å². The Morgan fingerprint density at radius 2 is 1.37 bits per heavy atom. The van der Waals surface area contributed by atoms with Gasteiger partial charge in [-0.25, -0.2) is 0 Å². The molecule has 2 amide bonds. The summed E-state index contributed by atoms with van der Waals surface area (Å²) in [4.78, 5) is 31.5. The standard InChI is InChI=1S/C21H16N4O2/c26-20(17-4-1-14(2-5-17)15-7-10-22-11-8-15)24-25-21(27)18-6-3-16-9-12-23-19(16)13-18/h1-13,23H,(H,24,26)(H,25,27). The normalized spacial score (nSPS) is 10.5. The third kappa shape index (κ3) is 3.55. The Balaban J connectivity index is 1.40. The van der Waals surface area contributed by atoms with Crippen LogP contribution in [0.3, 0.4) is 0 Å². The first-order valence-corrected chi connectivity index (χ1v) is 8.39. The predicted octanol–water partition coefficient (Wildman–Crippen LogP) is 3.30. The maximum atomic E-state index is 12.3. The van der Waals surface area contributed by atoms with Gasteiger partial charge in [-0.15, -0.1) is 0 Å². The first-order valence-electron chi connectivity index (χ1n) is 8.39. The molecule has 0 saturated carbocycles. The third-order valence-electron chi connectivity index (χ3n) is 4.27. The van der Waals surface area contributed by atoms with Gasteiger partial charge in [-0.2, -0.15) is 0 Å². The van der Waals surface area contributed by atoms with Gasteiger partial charge in [0.15, 0.2) is 0 Å². The number of amides is 2. The third-order valence-corrected chi connectivity index (χ3v) is 4.27. The highest BCUT2D eigenvalue weighted by Gasteiger charge is 2.10. The molecule has 27 heavy (non-hydrogen) atoms. The zero-order valence-electron chi connectivity index (χ0n) is 14.3. The fourth-order valence-electron chi connectivity index (χ4n) is 2.81. The van der Waals surface area contributed by atoms with Crippen molar-refractivity contribution < 1.29 is 9.59 Å². The zero-order chi connectivity index (χ0) is 18.6. The molecule has 0 saturated heterocycles. The number of aromatic nitrogens is 2. The van der Waals surface area contributed by atoms with Gasteiger partial charge in [0.05, 0.1) is 0 Å². The van der Waals surface area contributed by atoms with Crippen molar-refractivity contribution in [2.45, 2.75) is 0 Å². The number of aromatic amines is 1. The van der Waals surface area contributed by atoms with Gasteiger partial charge in [0.25, 0.3) is 11.8 Å². The molecule has 6 nitrogen and oxygen atoms in total. The second kappa shape index (κ2) is 7.13. The van der Waals surface area contributed by atoms with Crippen molar-refractivity contribution in [3.8, 4) is 11.1 Å². The van der Waals surface area contributed by atoms with Gasteiger partial charge < -0.3 is 4.98 Å². The predicted molar refractivity (Wildman–Crippen MR) is 103 cm³/mol. The van der Waals surface area contributed by atoms with E-state index in [-0.39, 0.29) is 11.8 Å². The van der Waals surface area contributed by atoms with Gasteiger partial charge in [-0.3, -0.25) is 25.4 Å². The summed E-state index contributed by atoms with van der Waals surface area (Å²) in [5.74, 6) is -0.765. The summed E-state index contributed by atoms with van der Waals surface area (Å²) in [6, 6.07) is 18.1. The van der Waals surface area contributed by atoms with Crippen molar-refractivity contribution >= 4 is 22.7 Å². The molecular weight excluding hydrogens is 340 g/mol. The summed E-state index contributed by atoms with van der Waals surface area (Å²) in [5, 5.41) is 1.02. The van der Waals surface area contributed by atoms with Crippen molar-refractivity contribution in [1.82, 2.24) is 20.8 Å². The number of H-pyrrole nitrogens is 1. The van der Waals surface area contributed by atoms with Crippen LogP contribution < -0.4 is 10.9 Å². The second-order valence-electron chi connectivity index (χ2n) is 6.00. The lowest BCUT2D eigenvalue weighted by Gasteiger charge is -2.08. The molecule has 2 aromatic heterocycles. The average Bonchev–Trinajstić information content (AvgIpc) is 3.20. The van der Waals surface area contributed by atoms with E-state index >= 15 is 0 Å². The van der Waals surface area contributed by atoms with E-state index in [9.17, 15) is 9.59 Å². The lowest BCUT2D eigenvalue weighted by Crippen LogP contribution is -2.41. The zero-order valence-corrected chi connectivity index (χ0v) is 14.3. The van der Waals surface area contributed by atoms with Crippen LogP contribution >= 0.6 is 0 Å². The molecule has 4 rings (SSSR count). The highest BCUT2D eigenvalue weighted by Crippen LogP contribution is 2.18. The molecule has 4 aromatic rings. The Kier molecular flexibility index (Phi) is 4.37. The van der Waals surface area contributed by atoms with Crippen LogP contribution in [0.2, 0.25) is 0 Å². The topological polar surface area (TPSA) is 86.9 Å². The lowest BCUT2D eigenvalue weighted by molar-refractivity contribution is 0.0847. The number of fused-ring (bicyclic) bond motifs is 1. The number of nitrogens with one attached hydrogen (secondary N) is 3. The Labute approximate surface area is 155 Å². The highest BCUT2D eigenvalue weighted by molar-refractivity contribution is 6.01. The summed E-state index contributed by atoms with van der Waals surface area (Å²) < 4.78 is 0. The number of rotatable bonds is 3. The minimum absolute atomic E-state index is 0.381. The Hall–Kier alpha value is -3.93. The number of benzene rings is 2. The minimum atomic E-state index is -0.384. The van der Waals surface area contributed by atoms with E-state index in [0.717, 1.165) is 22.0 Å². The van der Waals surface area contributed by atoms with E-state index in [2.05, 4.69) is 20.8 Å². The smallest absolute Gasteiger partial charge is 0.269 e. The summed E-state index contributed by atoms with van der Waals surface area (Å²) in [6.45, 7) is 0. The quantitative estimate of drug-likeness (QED) is 0.492. The summed E-state index contributed by atoms with van der Waals surface area (Å²) in [6.07, 6.45) is 5.25. The largest absolute Gasteiger partial charge is 0.361 e. The number of hydrazine groups is 1. The second-order valence-corrected chi connectivity index (χ2v) is 6.00. The average molecular weight is 356 g/mol. The first-order chi connectivity index (χ1) is 13.2.